The van der Waals surface area contributed by atoms with Gasteiger partial charge in [-0.3, -0.25) is 9.48 Å². The van der Waals surface area contributed by atoms with E-state index < -0.39 is 0 Å². The van der Waals surface area contributed by atoms with Crippen molar-refractivity contribution >= 4 is 5.69 Å². The van der Waals surface area contributed by atoms with Crippen molar-refractivity contribution in [3.05, 3.63) is 40.6 Å². The molecule has 2 heterocycles. The minimum atomic E-state index is -0.204. The van der Waals surface area contributed by atoms with Crippen molar-refractivity contribution in [1.82, 2.24) is 19.6 Å². The van der Waals surface area contributed by atoms with E-state index >= 15 is 0 Å². The Hall–Kier alpha value is -2.11. The van der Waals surface area contributed by atoms with E-state index in [0.29, 0.717) is 12.2 Å². The fourth-order valence-corrected chi connectivity index (χ4v) is 1.40. The quantitative estimate of drug-likeness (QED) is 0.793. The number of nitrogen functional groups attached to an aromatic ring is 1. The van der Waals surface area contributed by atoms with Gasteiger partial charge in [0.2, 0.25) is 0 Å². The molecule has 0 atom stereocenters. The van der Waals surface area contributed by atoms with Crippen LogP contribution >= 0.6 is 0 Å². The Kier molecular flexibility index (Phi) is 2.72. The summed E-state index contributed by atoms with van der Waals surface area (Å²) in [7, 11) is 0. The highest BCUT2D eigenvalue weighted by atomic mass is 16.1. The third kappa shape index (κ3) is 2.10. The smallest absolute Gasteiger partial charge is 0.269 e. The van der Waals surface area contributed by atoms with E-state index in [9.17, 15) is 4.79 Å². The Morgan fingerprint density at radius 2 is 2.19 bits per heavy atom. The first-order valence-corrected chi connectivity index (χ1v) is 5.03. The first kappa shape index (κ1) is 10.4. The minimum Gasteiger partial charge on any atom is -0.397 e. The maximum atomic E-state index is 11.5. The Balaban J connectivity index is 2.23. The summed E-state index contributed by atoms with van der Waals surface area (Å²) in [5.41, 5.74) is 6.58. The van der Waals surface area contributed by atoms with Gasteiger partial charge in [0.15, 0.2) is 0 Å². The van der Waals surface area contributed by atoms with Crippen LogP contribution in [0.2, 0.25) is 0 Å². The number of nitrogens with zero attached hydrogens (tertiary/aromatic N) is 4. The average molecular weight is 219 g/mol. The zero-order valence-electron chi connectivity index (χ0n) is 9.00. The molecule has 0 amide bonds. The number of anilines is 1. The fourth-order valence-electron chi connectivity index (χ4n) is 1.40. The number of hydrogen-bond donors (Lipinski definition) is 1. The van der Waals surface area contributed by atoms with Gasteiger partial charge in [-0.25, -0.2) is 4.68 Å². The number of aryl methyl sites for hydroxylation is 1. The van der Waals surface area contributed by atoms with E-state index in [4.69, 9.17) is 5.73 Å². The molecule has 0 aliphatic heterocycles. The molecule has 6 nitrogen and oxygen atoms in total. The average Bonchev–Trinajstić information content (AvgIpc) is 2.70. The third-order valence-corrected chi connectivity index (χ3v) is 2.23. The molecule has 0 spiro atoms. The van der Waals surface area contributed by atoms with Crippen LogP contribution < -0.4 is 11.3 Å². The van der Waals surface area contributed by atoms with Gasteiger partial charge in [-0.2, -0.15) is 10.2 Å². The van der Waals surface area contributed by atoms with Crippen LogP contribution in [-0.4, -0.2) is 19.6 Å². The molecule has 2 aromatic heterocycles. The molecule has 16 heavy (non-hydrogen) atoms. The molecule has 0 aromatic carbocycles. The van der Waals surface area contributed by atoms with Crippen molar-refractivity contribution in [3.8, 4) is 0 Å². The first-order chi connectivity index (χ1) is 7.69. The maximum absolute atomic E-state index is 11.5. The summed E-state index contributed by atoms with van der Waals surface area (Å²) in [6.07, 6.45) is 5.09. The summed E-state index contributed by atoms with van der Waals surface area (Å²) < 4.78 is 3.16. The second-order valence-corrected chi connectivity index (χ2v) is 3.49. The highest BCUT2D eigenvalue weighted by molar-refractivity contribution is 5.31. The third-order valence-electron chi connectivity index (χ3n) is 2.23. The highest BCUT2D eigenvalue weighted by Gasteiger charge is 2.02. The lowest BCUT2D eigenvalue weighted by Crippen LogP contribution is -2.22. The largest absolute Gasteiger partial charge is 0.397 e. The Labute approximate surface area is 92.3 Å². The van der Waals surface area contributed by atoms with E-state index in [0.717, 1.165) is 12.1 Å². The van der Waals surface area contributed by atoms with Gasteiger partial charge in [-0.1, -0.05) is 0 Å². The van der Waals surface area contributed by atoms with Gasteiger partial charge in [-0.15, -0.1) is 0 Å². The molecule has 0 saturated carbocycles. The Morgan fingerprint density at radius 1 is 1.38 bits per heavy atom. The van der Waals surface area contributed by atoms with Crippen LogP contribution in [0.4, 0.5) is 5.69 Å². The van der Waals surface area contributed by atoms with Gasteiger partial charge in [0, 0.05) is 24.4 Å². The zero-order valence-corrected chi connectivity index (χ0v) is 9.00. The molecule has 0 saturated heterocycles. The number of aromatic nitrogens is 4. The standard InChI is InChI=1S/C10H13N5O/c1-2-14-6-8(4-12-14)7-15-10(16)3-9(11)5-13-15/h3-6H,2,7,11H2,1H3. The van der Waals surface area contributed by atoms with Gasteiger partial charge in [0.05, 0.1) is 24.6 Å². The molecule has 2 aromatic rings. The molecule has 0 unspecified atom stereocenters. The summed E-state index contributed by atoms with van der Waals surface area (Å²) in [5.74, 6) is 0. The highest BCUT2D eigenvalue weighted by Crippen LogP contribution is 1.99. The number of rotatable bonds is 3. The summed E-state index contributed by atoms with van der Waals surface area (Å²) in [5, 5.41) is 8.08. The van der Waals surface area contributed by atoms with Crippen LogP contribution in [0.25, 0.3) is 0 Å². The monoisotopic (exact) mass is 219 g/mol. The van der Waals surface area contributed by atoms with Gasteiger partial charge < -0.3 is 5.73 Å². The molecule has 6 heteroatoms. The number of hydrogen-bond acceptors (Lipinski definition) is 4. The van der Waals surface area contributed by atoms with Crippen molar-refractivity contribution < 1.29 is 0 Å². The number of nitrogens with two attached hydrogens (primary N) is 1. The van der Waals surface area contributed by atoms with E-state index in [1.807, 2.05) is 13.1 Å². The molecular formula is C10H13N5O. The van der Waals surface area contributed by atoms with E-state index in [1.54, 1.807) is 10.9 Å². The lowest BCUT2D eigenvalue weighted by molar-refractivity contribution is 0.635. The van der Waals surface area contributed by atoms with Crippen LogP contribution in [0.1, 0.15) is 12.5 Å². The van der Waals surface area contributed by atoms with Crippen LogP contribution in [0.5, 0.6) is 0 Å². The van der Waals surface area contributed by atoms with Crippen molar-refractivity contribution in [2.45, 2.75) is 20.0 Å². The second kappa shape index (κ2) is 4.18. The van der Waals surface area contributed by atoms with E-state index in [-0.39, 0.29) is 5.56 Å². The zero-order chi connectivity index (χ0) is 11.5. The first-order valence-electron chi connectivity index (χ1n) is 5.03. The topological polar surface area (TPSA) is 78.7 Å². The van der Waals surface area contributed by atoms with E-state index in [2.05, 4.69) is 10.2 Å². The molecular weight excluding hydrogens is 206 g/mol. The molecule has 2 N–H and O–H groups in total. The fraction of sp³-hybridized carbons (Fsp3) is 0.300. The minimum absolute atomic E-state index is 0.204. The van der Waals surface area contributed by atoms with Crippen molar-refractivity contribution in [1.29, 1.82) is 0 Å². The molecule has 0 aliphatic carbocycles. The molecule has 2 rings (SSSR count). The van der Waals surface area contributed by atoms with Gasteiger partial charge in [0.1, 0.15) is 0 Å². The normalized spacial score (nSPS) is 10.6. The molecule has 0 aliphatic rings. The van der Waals surface area contributed by atoms with Crippen molar-refractivity contribution in [2.24, 2.45) is 0 Å². The summed E-state index contributed by atoms with van der Waals surface area (Å²) in [6.45, 7) is 3.23. The SMILES string of the molecule is CCn1cc(Cn2ncc(N)cc2=O)cn1. The second-order valence-electron chi connectivity index (χ2n) is 3.49. The van der Waals surface area contributed by atoms with Gasteiger partial charge in [0.25, 0.3) is 5.56 Å². The molecule has 0 fully saturated rings. The molecule has 84 valence electrons. The Morgan fingerprint density at radius 3 is 2.81 bits per heavy atom. The van der Waals surface area contributed by atoms with Crippen LogP contribution in [0, 0.1) is 0 Å². The molecule has 0 bridgehead atoms. The van der Waals surface area contributed by atoms with Crippen molar-refractivity contribution in [2.75, 3.05) is 5.73 Å². The molecule has 0 radical (unpaired) electrons. The lowest BCUT2D eigenvalue weighted by Gasteiger charge is -2.01. The predicted molar refractivity (Wildman–Crippen MR) is 59.9 cm³/mol. The Bertz CT molecular complexity index is 542. The lowest BCUT2D eigenvalue weighted by atomic mass is 10.3. The van der Waals surface area contributed by atoms with E-state index in [1.165, 1.54) is 16.9 Å². The van der Waals surface area contributed by atoms with Gasteiger partial charge in [-0.05, 0) is 6.92 Å². The predicted octanol–water partition coefficient (Wildman–Crippen LogP) is 0.0902. The summed E-state index contributed by atoms with van der Waals surface area (Å²) in [4.78, 5) is 11.5. The summed E-state index contributed by atoms with van der Waals surface area (Å²) in [6, 6.07) is 1.36. The van der Waals surface area contributed by atoms with Crippen LogP contribution in [-0.2, 0) is 13.1 Å². The maximum Gasteiger partial charge on any atom is 0.269 e. The van der Waals surface area contributed by atoms with Crippen LogP contribution in [0.3, 0.4) is 0 Å². The van der Waals surface area contributed by atoms with Crippen molar-refractivity contribution in [3.63, 3.8) is 0 Å². The van der Waals surface area contributed by atoms with Crippen LogP contribution in [0.15, 0.2) is 29.5 Å². The van der Waals surface area contributed by atoms with Gasteiger partial charge >= 0.3 is 0 Å². The summed E-state index contributed by atoms with van der Waals surface area (Å²) >= 11 is 0.